The van der Waals surface area contributed by atoms with Gasteiger partial charge in [0.05, 0.1) is 5.69 Å². The number of likely N-dealkylation sites (tertiary alicyclic amines) is 1. The van der Waals surface area contributed by atoms with E-state index < -0.39 is 0 Å². The molecule has 5 nitrogen and oxygen atoms in total. The molecule has 0 radical (unpaired) electrons. The van der Waals surface area contributed by atoms with Crippen LogP contribution < -0.4 is 10.1 Å². The van der Waals surface area contributed by atoms with Gasteiger partial charge in [0, 0.05) is 22.9 Å². The quantitative estimate of drug-likeness (QED) is 0.757. The third kappa shape index (κ3) is 5.80. The molecule has 1 fully saturated rings. The molecule has 1 amide bonds. The summed E-state index contributed by atoms with van der Waals surface area (Å²) in [6.07, 6.45) is 2.57. The summed E-state index contributed by atoms with van der Waals surface area (Å²) in [4.78, 5) is 19.0. The summed E-state index contributed by atoms with van der Waals surface area (Å²) in [5.74, 6) is 1.22. The number of rotatable bonds is 6. The summed E-state index contributed by atoms with van der Waals surface area (Å²) in [6.45, 7) is 5.38. The number of aromatic nitrogens is 1. The van der Waals surface area contributed by atoms with Crippen molar-refractivity contribution in [1.29, 1.82) is 0 Å². The molecular weight excluding hydrogens is 402 g/mol. The number of thiazole rings is 1. The van der Waals surface area contributed by atoms with Crippen LogP contribution in [0.25, 0.3) is 0 Å². The van der Waals surface area contributed by atoms with E-state index in [1.807, 2.05) is 29.6 Å². The maximum absolute atomic E-state index is 12.0. The molecule has 2 aromatic rings. The topological polar surface area (TPSA) is 54.5 Å². The third-order valence-electron chi connectivity index (χ3n) is 4.11. The Hall–Kier alpha value is -1.44. The number of hydrogen-bond donors (Lipinski definition) is 1. The minimum Gasteiger partial charge on any atom is -0.484 e. The maximum atomic E-state index is 12.0. The van der Waals surface area contributed by atoms with Crippen molar-refractivity contribution in [2.24, 2.45) is 5.92 Å². The second-order valence-electron chi connectivity index (χ2n) is 6.42. The smallest absolute Gasteiger partial charge is 0.264 e. The predicted molar refractivity (Wildman–Crippen MR) is 104 cm³/mol. The molecule has 0 unspecified atom stereocenters. The van der Waals surface area contributed by atoms with Crippen molar-refractivity contribution in [3.63, 3.8) is 0 Å². The molecule has 1 N–H and O–H groups in total. The van der Waals surface area contributed by atoms with Gasteiger partial charge < -0.3 is 4.74 Å². The zero-order chi connectivity index (χ0) is 17.6. The second kappa shape index (κ2) is 8.78. The molecule has 134 valence electrons. The molecular formula is C18H22BrN3O2S. The van der Waals surface area contributed by atoms with Crippen LogP contribution in [0, 0.1) is 5.92 Å². The van der Waals surface area contributed by atoms with Crippen LogP contribution in [0.3, 0.4) is 0 Å². The van der Waals surface area contributed by atoms with Crippen molar-refractivity contribution >= 4 is 38.3 Å². The van der Waals surface area contributed by atoms with Gasteiger partial charge in [-0.25, -0.2) is 4.98 Å². The van der Waals surface area contributed by atoms with Gasteiger partial charge in [0.25, 0.3) is 5.91 Å². The first-order chi connectivity index (χ1) is 12.1. The lowest BCUT2D eigenvalue weighted by Gasteiger charge is -2.30. The van der Waals surface area contributed by atoms with E-state index in [-0.39, 0.29) is 12.5 Å². The third-order valence-corrected chi connectivity index (χ3v) is 5.44. The van der Waals surface area contributed by atoms with Crippen LogP contribution in [-0.4, -0.2) is 35.5 Å². The van der Waals surface area contributed by atoms with Crippen molar-refractivity contribution < 1.29 is 9.53 Å². The largest absolute Gasteiger partial charge is 0.484 e. The average molecular weight is 424 g/mol. The van der Waals surface area contributed by atoms with Crippen LogP contribution in [0.15, 0.2) is 34.1 Å². The SMILES string of the molecule is C[C@H]1CCCN(Cc2csc(NC(=O)COc3ccc(Br)cc3)n2)C1. The first kappa shape index (κ1) is 18.4. The molecule has 1 atom stereocenters. The molecule has 7 heteroatoms. The highest BCUT2D eigenvalue weighted by Crippen LogP contribution is 2.21. The summed E-state index contributed by atoms with van der Waals surface area (Å²) in [5.41, 5.74) is 1.02. The fourth-order valence-corrected chi connectivity index (χ4v) is 3.91. The number of ether oxygens (including phenoxy) is 1. The van der Waals surface area contributed by atoms with E-state index in [9.17, 15) is 4.79 Å². The average Bonchev–Trinajstić information content (AvgIpc) is 3.01. The normalized spacial score (nSPS) is 18.1. The molecule has 1 aromatic carbocycles. The maximum Gasteiger partial charge on any atom is 0.264 e. The summed E-state index contributed by atoms with van der Waals surface area (Å²) >= 11 is 4.82. The Kier molecular flexibility index (Phi) is 6.45. The second-order valence-corrected chi connectivity index (χ2v) is 8.19. The molecule has 0 saturated carbocycles. The van der Waals surface area contributed by atoms with Crippen LogP contribution in [0.1, 0.15) is 25.5 Å². The van der Waals surface area contributed by atoms with Crippen molar-refractivity contribution in [1.82, 2.24) is 9.88 Å². The van der Waals surface area contributed by atoms with Gasteiger partial charge in [-0.05, 0) is 49.6 Å². The summed E-state index contributed by atoms with van der Waals surface area (Å²) in [7, 11) is 0. The predicted octanol–water partition coefficient (Wildman–Crippen LogP) is 4.16. The molecule has 0 bridgehead atoms. The van der Waals surface area contributed by atoms with E-state index in [4.69, 9.17) is 4.74 Å². The van der Waals surface area contributed by atoms with E-state index in [2.05, 4.69) is 38.1 Å². The van der Waals surface area contributed by atoms with Crippen LogP contribution in [0.2, 0.25) is 0 Å². The van der Waals surface area contributed by atoms with E-state index >= 15 is 0 Å². The number of piperidine rings is 1. The van der Waals surface area contributed by atoms with E-state index in [0.29, 0.717) is 10.9 Å². The number of benzene rings is 1. The van der Waals surface area contributed by atoms with Crippen molar-refractivity contribution in [2.75, 3.05) is 25.0 Å². The number of hydrogen-bond acceptors (Lipinski definition) is 5. The summed E-state index contributed by atoms with van der Waals surface area (Å²) in [5, 5.41) is 5.45. The van der Waals surface area contributed by atoms with Crippen molar-refractivity contribution in [3.8, 4) is 5.75 Å². The van der Waals surface area contributed by atoms with Crippen molar-refractivity contribution in [3.05, 3.63) is 39.8 Å². The molecule has 25 heavy (non-hydrogen) atoms. The van der Waals surface area contributed by atoms with Gasteiger partial charge in [0.15, 0.2) is 11.7 Å². The van der Waals surface area contributed by atoms with Gasteiger partial charge in [-0.1, -0.05) is 22.9 Å². The summed E-state index contributed by atoms with van der Waals surface area (Å²) < 4.78 is 6.45. The molecule has 1 aromatic heterocycles. The first-order valence-corrected chi connectivity index (χ1v) is 10.1. The molecule has 1 saturated heterocycles. The van der Waals surface area contributed by atoms with Crippen LogP contribution in [0.5, 0.6) is 5.75 Å². The minimum atomic E-state index is -0.199. The molecule has 3 rings (SSSR count). The van der Waals surface area contributed by atoms with E-state index in [1.165, 1.54) is 24.2 Å². The van der Waals surface area contributed by atoms with Gasteiger partial charge in [0.2, 0.25) is 0 Å². The van der Waals surface area contributed by atoms with Gasteiger partial charge in [-0.3, -0.25) is 15.0 Å². The Bertz CT molecular complexity index is 705. The Labute approximate surface area is 160 Å². The fraction of sp³-hybridized carbons (Fsp3) is 0.444. The Morgan fingerprint density at radius 3 is 3.00 bits per heavy atom. The highest BCUT2D eigenvalue weighted by atomic mass is 79.9. The Balaban J connectivity index is 1.45. The number of nitrogens with zero attached hydrogens (tertiary/aromatic N) is 2. The van der Waals surface area contributed by atoms with Crippen LogP contribution in [0.4, 0.5) is 5.13 Å². The van der Waals surface area contributed by atoms with Gasteiger partial charge >= 0.3 is 0 Å². The number of carbonyl (C=O) groups is 1. The van der Waals surface area contributed by atoms with Gasteiger partial charge in [0.1, 0.15) is 5.75 Å². The van der Waals surface area contributed by atoms with E-state index in [1.54, 1.807) is 0 Å². The minimum absolute atomic E-state index is 0.0276. The Morgan fingerprint density at radius 1 is 1.44 bits per heavy atom. The molecule has 2 heterocycles. The lowest BCUT2D eigenvalue weighted by atomic mass is 10.0. The summed E-state index contributed by atoms with van der Waals surface area (Å²) in [6, 6.07) is 7.39. The van der Waals surface area contributed by atoms with Gasteiger partial charge in [-0.2, -0.15) is 0 Å². The molecule has 0 spiro atoms. The molecule has 1 aliphatic rings. The number of nitrogens with one attached hydrogen (secondary N) is 1. The molecule has 0 aliphatic carbocycles. The van der Waals surface area contributed by atoms with Crippen LogP contribution in [-0.2, 0) is 11.3 Å². The Morgan fingerprint density at radius 2 is 2.24 bits per heavy atom. The van der Waals surface area contributed by atoms with E-state index in [0.717, 1.165) is 35.7 Å². The zero-order valence-corrected chi connectivity index (χ0v) is 16.6. The fourth-order valence-electron chi connectivity index (χ4n) is 2.93. The highest BCUT2D eigenvalue weighted by molar-refractivity contribution is 9.10. The zero-order valence-electron chi connectivity index (χ0n) is 14.2. The van der Waals surface area contributed by atoms with Crippen molar-refractivity contribution in [2.45, 2.75) is 26.3 Å². The first-order valence-electron chi connectivity index (χ1n) is 8.43. The number of carbonyl (C=O) groups excluding carboxylic acids is 1. The lowest BCUT2D eigenvalue weighted by Crippen LogP contribution is -2.33. The number of halogens is 1. The highest BCUT2D eigenvalue weighted by Gasteiger charge is 2.17. The number of amides is 1. The van der Waals surface area contributed by atoms with Gasteiger partial charge in [-0.15, -0.1) is 11.3 Å². The lowest BCUT2D eigenvalue weighted by molar-refractivity contribution is -0.118. The number of anilines is 1. The van der Waals surface area contributed by atoms with Crippen LogP contribution >= 0.6 is 27.3 Å². The standard InChI is InChI=1S/C18H22BrN3O2S/c1-13-3-2-8-22(9-13)10-15-12-25-18(20-15)21-17(23)11-24-16-6-4-14(19)5-7-16/h4-7,12-13H,2-3,8-11H2,1H3,(H,20,21,23)/t13-/m0/s1. The monoisotopic (exact) mass is 423 g/mol. The molecule has 1 aliphatic heterocycles.